The van der Waals surface area contributed by atoms with Gasteiger partial charge in [-0.15, -0.1) is 5.10 Å². The summed E-state index contributed by atoms with van der Waals surface area (Å²) in [7, 11) is 0. The van der Waals surface area contributed by atoms with Gasteiger partial charge >= 0.3 is 6.01 Å². The maximum Gasteiger partial charge on any atom is 0.322 e. The van der Waals surface area contributed by atoms with E-state index in [1.165, 1.54) is 6.07 Å². The maximum absolute atomic E-state index is 13.6. The van der Waals surface area contributed by atoms with Gasteiger partial charge in [0.2, 0.25) is 0 Å². The van der Waals surface area contributed by atoms with Crippen LogP contribution in [-0.4, -0.2) is 16.1 Å². The zero-order valence-electron chi connectivity index (χ0n) is 10.6. The van der Waals surface area contributed by atoms with E-state index in [-0.39, 0.29) is 23.2 Å². The number of nitrogens with zero attached hydrogens (tertiary/aromatic N) is 2. The Bertz CT molecular complexity index is 847. The zero-order chi connectivity index (χ0) is 15.7. The van der Waals surface area contributed by atoms with Crippen molar-refractivity contribution in [1.29, 1.82) is 0 Å². The van der Waals surface area contributed by atoms with Crippen molar-refractivity contribution in [3.63, 3.8) is 0 Å². The lowest BCUT2D eigenvalue weighted by atomic mass is 10.2. The van der Waals surface area contributed by atoms with Gasteiger partial charge in [-0.3, -0.25) is 10.1 Å². The zero-order valence-corrected chi connectivity index (χ0v) is 12.2. The van der Waals surface area contributed by atoms with Crippen LogP contribution in [0.4, 0.5) is 14.8 Å². The van der Waals surface area contributed by atoms with Crippen molar-refractivity contribution in [1.82, 2.24) is 10.2 Å². The molecule has 1 N–H and O–H groups in total. The Labute approximate surface area is 130 Å². The van der Waals surface area contributed by atoms with Gasteiger partial charge in [0.25, 0.3) is 11.8 Å². The van der Waals surface area contributed by atoms with E-state index in [0.717, 1.165) is 12.1 Å². The lowest BCUT2D eigenvalue weighted by molar-refractivity contribution is 0.0992. The third kappa shape index (κ3) is 2.89. The van der Waals surface area contributed by atoms with Crippen LogP contribution in [0.1, 0.15) is 10.6 Å². The Hall–Kier alpha value is -2.55. The molecule has 0 radical (unpaired) electrons. The SMILES string of the molecule is O=C(Nc1nnc(-c2ccc(F)cc2F)o1)c1ccc(Br)o1. The van der Waals surface area contributed by atoms with Crippen LogP contribution >= 0.6 is 15.9 Å². The molecule has 6 nitrogen and oxygen atoms in total. The molecule has 0 unspecified atom stereocenters. The third-order valence-electron chi connectivity index (χ3n) is 2.60. The van der Waals surface area contributed by atoms with Crippen LogP contribution in [0.2, 0.25) is 0 Å². The van der Waals surface area contributed by atoms with Crippen LogP contribution in [-0.2, 0) is 0 Å². The van der Waals surface area contributed by atoms with Crippen LogP contribution < -0.4 is 5.32 Å². The maximum atomic E-state index is 13.6. The Morgan fingerprint density at radius 2 is 1.95 bits per heavy atom. The summed E-state index contributed by atoms with van der Waals surface area (Å²) in [5, 5.41) is 9.46. The summed E-state index contributed by atoms with van der Waals surface area (Å²) in [5.74, 6) is -2.34. The summed E-state index contributed by atoms with van der Waals surface area (Å²) in [6.45, 7) is 0. The number of hydrogen-bond donors (Lipinski definition) is 1. The molecule has 0 fully saturated rings. The second kappa shape index (κ2) is 5.68. The van der Waals surface area contributed by atoms with Gasteiger partial charge in [0.05, 0.1) is 5.56 Å². The Morgan fingerprint density at radius 1 is 1.14 bits per heavy atom. The van der Waals surface area contributed by atoms with Gasteiger partial charge < -0.3 is 8.83 Å². The van der Waals surface area contributed by atoms with Crippen molar-refractivity contribution >= 4 is 27.9 Å². The van der Waals surface area contributed by atoms with Crippen molar-refractivity contribution in [3.05, 3.63) is 52.4 Å². The molecule has 0 aliphatic rings. The molecule has 0 aliphatic carbocycles. The summed E-state index contributed by atoms with van der Waals surface area (Å²) >= 11 is 3.06. The number of benzene rings is 1. The molecular formula is C13H6BrF2N3O3. The molecule has 3 rings (SSSR count). The molecule has 3 aromatic rings. The van der Waals surface area contributed by atoms with Crippen LogP contribution in [0.5, 0.6) is 0 Å². The molecule has 0 aliphatic heterocycles. The van der Waals surface area contributed by atoms with Crippen molar-refractivity contribution in [2.45, 2.75) is 0 Å². The third-order valence-corrected chi connectivity index (χ3v) is 3.03. The Morgan fingerprint density at radius 3 is 2.64 bits per heavy atom. The van der Waals surface area contributed by atoms with E-state index in [1.54, 1.807) is 6.07 Å². The van der Waals surface area contributed by atoms with Crippen LogP contribution in [0.3, 0.4) is 0 Å². The molecule has 2 heterocycles. The van der Waals surface area contributed by atoms with E-state index < -0.39 is 17.5 Å². The molecule has 22 heavy (non-hydrogen) atoms. The smallest absolute Gasteiger partial charge is 0.322 e. The molecule has 0 bridgehead atoms. The van der Waals surface area contributed by atoms with Gasteiger partial charge in [-0.1, -0.05) is 5.10 Å². The summed E-state index contributed by atoms with van der Waals surface area (Å²) in [5.41, 5.74) is -0.0739. The lowest BCUT2D eigenvalue weighted by Gasteiger charge is -1.98. The number of anilines is 1. The minimum Gasteiger partial charge on any atom is -0.444 e. The average molecular weight is 370 g/mol. The monoisotopic (exact) mass is 369 g/mol. The largest absolute Gasteiger partial charge is 0.444 e. The first-order valence-corrected chi connectivity index (χ1v) is 6.68. The average Bonchev–Trinajstić information content (AvgIpc) is 3.08. The number of aromatic nitrogens is 2. The minimum atomic E-state index is -0.850. The Kier molecular flexibility index (Phi) is 3.72. The minimum absolute atomic E-state index is 0.0274. The standard InChI is InChI=1S/C13H6BrF2N3O3/c14-10-4-3-9(21-10)11(20)17-13-19-18-12(22-13)7-2-1-6(15)5-8(7)16/h1-5H,(H,17,19,20). The molecular weight excluding hydrogens is 364 g/mol. The first kappa shape index (κ1) is 14.4. The quantitative estimate of drug-likeness (QED) is 0.762. The summed E-state index contributed by atoms with van der Waals surface area (Å²) < 4.78 is 37.0. The molecule has 0 saturated carbocycles. The van der Waals surface area contributed by atoms with Crippen LogP contribution in [0.25, 0.3) is 11.5 Å². The van der Waals surface area contributed by atoms with Gasteiger partial charge in [0.1, 0.15) is 11.6 Å². The number of carbonyl (C=O) groups excluding carboxylic acids is 1. The van der Waals surface area contributed by atoms with Gasteiger partial charge in [0.15, 0.2) is 10.4 Å². The Balaban J connectivity index is 1.80. The van der Waals surface area contributed by atoms with E-state index in [4.69, 9.17) is 8.83 Å². The molecule has 0 spiro atoms. The van der Waals surface area contributed by atoms with Gasteiger partial charge in [-0.05, 0) is 40.2 Å². The highest BCUT2D eigenvalue weighted by atomic mass is 79.9. The normalized spacial score (nSPS) is 10.7. The topological polar surface area (TPSA) is 81.2 Å². The number of rotatable bonds is 3. The van der Waals surface area contributed by atoms with E-state index in [1.807, 2.05) is 0 Å². The van der Waals surface area contributed by atoms with Crippen molar-refractivity contribution in [2.24, 2.45) is 0 Å². The number of halogens is 3. The summed E-state index contributed by atoms with van der Waals surface area (Å²) in [6.07, 6.45) is 0. The highest BCUT2D eigenvalue weighted by Gasteiger charge is 2.17. The fraction of sp³-hybridized carbons (Fsp3) is 0. The molecule has 2 aromatic heterocycles. The van der Waals surface area contributed by atoms with Crippen molar-refractivity contribution in [2.75, 3.05) is 5.32 Å². The summed E-state index contributed by atoms with van der Waals surface area (Å²) in [4.78, 5) is 11.8. The molecule has 1 aromatic carbocycles. The predicted molar refractivity (Wildman–Crippen MR) is 74.0 cm³/mol. The van der Waals surface area contributed by atoms with Crippen LogP contribution in [0.15, 0.2) is 43.8 Å². The number of furan rings is 1. The molecule has 0 atom stereocenters. The molecule has 0 saturated heterocycles. The predicted octanol–water partition coefficient (Wildman–Crippen LogP) is 3.62. The van der Waals surface area contributed by atoms with Gasteiger partial charge in [0, 0.05) is 6.07 Å². The lowest BCUT2D eigenvalue weighted by Crippen LogP contribution is -2.10. The molecule has 9 heteroatoms. The first-order valence-electron chi connectivity index (χ1n) is 5.88. The van der Waals surface area contributed by atoms with E-state index in [2.05, 4.69) is 31.4 Å². The highest BCUT2D eigenvalue weighted by molar-refractivity contribution is 9.10. The fourth-order valence-electron chi connectivity index (χ4n) is 1.64. The second-order valence-corrected chi connectivity index (χ2v) is 4.88. The second-order valence-electron chi connectivity index (χ2n) is 4.09. The number of amides is 1. The number of carbonyl (C=O) groups is 1. The van der Waals surface area contributed by atoms with Crippen molar-refractivity contribution in [3.8, 4) is 11.5 Å². The van der Waals surface area contributed by atoms with E-state index in [0.29, 0.717) is 10.7 Å². The highest BCUT2D eigenvalue weighted by Crippen LogP contribution is 2.24. The van der Waals surface area contributed by atoms with E-state index in [9.17, 15) is 13.6 Å². The molecule has 1 amide bonds. The summed E-state index contributed by atoms with van der Waals surface area (Å²) in [6, 6.07) is 5.65. The van der Waals surface area contributed by atoms with Gasteiger partial charge in [-0.2, -0.15) is 0 Å². The van der Waals surface area contributed by atoms with Crippen LogP contribution in [0, 0.1) is 11.6 Å². The first-order chi connectivity index (χ1) is 10.5. The number of hydrogen-bond acceptors (Lipinski definition) is 5. The molecule has 112 valence electrons. The van der Waals surface area contributed by atoms with E-state index >= 15 is 0 Å². The van der Waals surface area contributed by atoms with Crippen molar-refractivity contribution < 1.29 is 22.4 Å². The fourth-order valence-corrected chi connectivity index (χ4v) is 1.95. The van der Waals surface area contributed by atoms with Gasteiger partial charge in [-0.25, -0.2) is 8.78 Å². The number of nitrogens with one attached hydrogen (secondary N) is 1.